The second-order valence-corrected chi connectivity index (χ2v) is 6.31. The third-order valence-corrected chi connectivity index (χ3v) is 4.14. The van der Waals surface area contributed by atoms with Crippen LogP contribution in [0.1, 0.15) is 24.2 Å². The molecule has 0 aromatic heterocycles. The van der Waals surface area contributed by atoms with Gasteiger partial charge in [-0.25, -0.2) is 0 Å². The first-order valence-electron chi connectivity index (χ1n) is 8.49. The Labute approximate surface area is 143 Å². The minimum Gasteiger partial charge on any atom is -0.491 e. The molecule has 0 aliphatic carbocycles. The van der Waals surface area contributed by atoms with Crippen molar-refractivity contribution in [1.82, 2.24) is 4.90 Å². The Kier molecular flexibility index (Phi) is 5.04. The van der Waals surface area contributed by atoms with Crippen LogP contribution in [-0.2, 0) is 0 Å². The van der Waals surface area contributed by atoms with E-state index < -0.39 is 0 Å². The van der Waals surface area contributed by atoms with Crippen LogP contribution in [0.25, 0.3) is 0 Å². The number of carbonyl (C=O) groups excluding carboxylic acids is 1. The molecule has 1 saturated heterocycles. The molecule has 2 aromatic rings. The highest BCUT2D eigenvalue weighted by atomic mass is 16.5. The zero-order valence-electron chi connectivity index (χ0n) is 14.3. The normalized spacial score (nSPS) is 14.8. The summed E-state index contributed by atoms with van der Waals surface area (Å²) < 4.78 is 5.69. The van der Waals surface area contributed by atoms with E-state index in [4.69, 9.17) is 4.74 Å². The van der Waals surface area contributed by atoms with Crippen molar-refractivity contribution in [2.45, 2.75) is 20.0 Å². The van der Waals surface area contributed by atoms with Crippen molar-refractivity contribution in [2.75, 3.05) is 31.1 Å². The molecular formula is C20H24N2O2. The van der Waals surface area contributed by atoms with Crippen LogP contribution in [0.15, 0.2) is 54.6 Å². The summed E-state index contributed by atoms with van der Waals surface area (Å²) in [5.41, 5.74) is 1.92. The van der Waals surface area contributed by atoms with Gasteiger partial charge >= 0.3 is 0 Å². The van der Waals surface area contributed by atoms with E-state index in [2.05, 4.69) is 17.0 Å². The second kappa shape index (κ2) is 7.39. The lowest BCUT2D eigenvalue weighted by Crippen LogP contribution is -2.48. The standard InChI is InChI=1S/C20H24N2O2/c1-16(2)24-19-10-6-7-17(15-19)20(23)22-13-11-21(12-14-22)18-8-4-3-5-9-18/h3-10,15-16H,11-14H2,1-2H3. The molecule has 4 nitrogen and oxygen atoms in total. The van der Waals surface area contributed by atoms with Crippen molar-refractivity contribution in [3.63, 3.8) is 0 Å². The van der Waals surface area contributed by atoms with Gasteiger partial charge in [-0.15, -0.1) is 0 Å². The van der Waals surface area contributed by atoms with Gasteiger partial charge in [0.2, 0.25) is 0 Å². The van der Waals surface area contributed by atoms with Gasteiger partial charge in [-0.1, -0.05) is 24.3 Å². The summed E-state index contributed by atoms with van der Waals surface area (Å²) in [4.78, 5) is 17.0. The van der Waals surface area contributed by atoms with Crippen LogP contribution in [-0.4, -0.2) is 43.1 Å². The summed E-state index contributed by atoms with van der Waals surface area (Å²) in [5, 5.41) is 0. The number of para-hydroxylation sites is 1. The quantitative estimate of drug-likeness (QED) is 0.864. The van der Waals surface area contributed by atoms with E-state index in [9.17, 15) is 4.79 Å². The van der Waals surface area contributed by atoms with Gasteiger partial charge in [-0.3, -0.25) is 4.79 Å². The van der Waals surface area contributed by atoms with Crippen molar-refractivity contribution >= 4 is 11.6 Å². The van der Waals surface area contributed by atoms with Crippen molar-refractivity contribution in [3.05, 3.63) is 60.2 Å². The molecule has 1 heterocycles. The molecule has 3 rings (SSSR count). The number of ether oxygens (including phenoxy) is 1. The Hall–Kier alpha value is -2.49. The highest BCUT2D eigenvalue weighted by molar-refractivity contribution is 5.94. The molecule has 1 fully saturated rings. The number of benzene rings is 2. The lowest BCUT2D eigenvalue weighted by Gasteiger charge is -2.36. The summed E-state index contributed by atoms with van der Waals surface area (Å²) in [6.07, 6.45) is 0.102. The number of piperazine rings is 1. The molecule has 24 heavy (non-hydrogen) atoms. The topological polar surface area (TPSA) is 32.8 Å². The van der Waals surface area contributed by atoms with Gasteiger partial charge in [-0.2, -0.15) is 0 Å². The van der Waals surface area contributed by atoms with E-state index >= 15 is 0 Å². The van der Waals surface area contributed by atoms with Gasteiger partial charge in [0.25, 0.3) is 5.91 Å². The summed E-state index contributed by atoms with van der Waals surface area (Å²) in [5.74, 6) is 0.829. The average molecular weight is 324 g/mol. The molecule has 0 atom stereocenters. The van der Waals surface area contributed by atoms with Crippen LogP contribution in [0.3, 0.4) is 0 Å². The molecule has 2 aromatic carbocycles. The summed E-state index contributed by atoms with van der Waals surface area (Å²) >= 11 is 0. The first kappa shape index (κ1) is 16.4. The smallest absolute Gasteiger partial charge is 0.254 e. The number of amides is 1. The molecule has 0 unspecified atom stereocenters. The van der Waals surface area contributed by atoms with Crippen LogP contribution in [0.2, 0.25) is 0 Å². The lowest BCUT2D eigenvalue weighted by molar-refractivity contribution is 0.0746. The van der Waals surface area contributed by atoms with Crippen LogP contribution >= 0.6 is 0 Å². The van der Waals surface area contributed by atoms with Gasteiger partial charge in [0.05, 0.1) is 6.10 Å². The van der Waals surface area contributed by atoms with Gasteiger partial charge in [0, 0.05) is 37.4 Å². The van der Waals surface area contributed by atoms with E-state index in [1.165, 1.54) is 5.69 Å². The molecule has 0 radical (unpaired) electrons. The lowest BCUT2D eigenvalue weighted by atomic mass is 10.1. The first-order valence-corrected chi connectivity index (χ1v) is 8.49. The maximum absolute atomic E-state index is 12.7. The first-order chi connectivity index (χ1) is 11.6. The van der Waals surface area contributed by atoms with Crippen LogP contribution < -0.4 is 9.64 Å². The largest absolute Gasteiger partial charge is 0.491 e. The zero-order valence-corrected chi connectivity index (χ0v) is 14.3. The Morgan fingerprint density at radius 3 is 2.33 bits per heavy atom. The predicted molar refractivity (Wildman–Crippen MR) is 96.8 cm³/mol. The van der Waals surface area contributed by atoms with Gasteiger partial charge in [-0.05, 0) is 44.2 Å². The van der Waals surface area contributed by atoms with E-state index in [0.717, 1.165) is 31.9 Å². The number of hydrogen-bond acceptors (Lipinski definition) is 3. The van der Waals surface area contributed by atoms with Gasteiger partial charge in [0.1, 0.15) is 5.75 Å². The SMILES string of the molecule is CC(C)Oc1cccc(C(=O)N2CCN(c3ccccc3)CC2)c1. The van der Waals surface area contributed by atoms with Crippen LogP contribution in [0.4, 0.5) is 5.69 Å². The van der Waals surface area contributed by atoms with E-state index in [0.29, 0.717) is 5.56 Å². The predicted octanol–water partition coefficient (Wildman–Crippen LogP) is 3.44. The average Bonchev–Trinajstić information content (AvgIpc) is 2.62. The molecule has 126 valence electrons. The van der Waals surface area contributed by atoms with Crippen molar-refractivity contribution < 1.29 is 9.53 Å². The maximum atomic E-state index is 12.7. The van der Waals surface area contributed by atoms with Crippen LogP contribution in [0, 0.1) is 0 Å². The molecule has 1 aliphatic rings. The molecule has 1 aliphatic heterocycles. The Bertz CT molecular complexity index is 677. The fourth-order valence-electron chi connectivity index (χ4n) is 2.96. The van der Waals surface area contributed by atoms with E-state index in [-0.39, 0.29) is 12.0 Å². The molecule has 0 bridgehead atoms. The highest BCUT2D eigenvalue weighted by Crippen LogP contribution is 2.19. The van der Waals surface area contributed by atoms with Crippen molar-refractivity contribution in [3.8, 4) is 5.75 Å². The fraction of sp³-hybridized carbons (Fsp3) is 0.350. The Morgan fingerprint density at radius 2 is 1.67 bits per heavy atom. The number of hydrogen-bond donors (Lipinski definition) is 0. The Morgan fingerprint density at radius 1 is 0.958 bits per heavy atom. The fourth-order valence-corrected chi connectivity index (χ4v) is 2.96. The summed E-state index contributed by atoms with van der Waals surface area (Å²) in [6, 6.07) is 17.8. The molecule has 4 heteroatoms. The summed E-state index contributed by atoms with van der Waals surface area (Å²) in [6.45, 7) is 7.16. The van der Waals surface area contributed by atoms with Crippen molar-refractivity contribution in [2.24, 2.45) is 0 Å². The third kappa shape index (κ3) is 3.88. The molecule has 0 saturated carbocycles. The van der Waals surface area contributed by atoms with E-state index in [1.54, 1.807) is 0 Å². The monoisotopic (exact) mass is 324 g/mol. The van der Waals surface area contributed by atoms with Crippen LogP contribution in [0.5, 0.6) is 5.75 Å². The molecule has 1 amide bonds. The zero-order chi connectivity index (χ0) is 16.9. The number of rotatable bonds is 4. The Balaban J connectivity index is 1.63. The molecular weight excluding hydrogens is 300 g/mol. The second-order valence-electron chi connectivity index (χ2n) is 6.31. The third-order valence-electron chi connectivity index (χ3n) is 4.14. The van der Waals surface area contributed by atoms with E-state index in [1.807, 2.05) is 61.2 Å². The van der Waals surface area contributed by atoms with Crippen molar-refractivity contribution in [1.29, 1.82) is 0 Å². The number of anilines is 1. The minimum absolute atomic E-state index is 0.0805. The maximum Gasteiger partial charge on any atom is 0.254 e. The molecule has 0 N–H and O–H groups in total. The minimum atomic E-state index is 0.0805. The molecule has 0 spiro atoms. The number of carbonyl (C=O) groups is 1. The van der Waals surface area contributed by atoms with Gasteiger partial charge in [0.15, 0.2) is 0 Å². The summed E-state index contributed by atoms with van der Waals surface area (Å²) in [7, 11) is 0. The number of nitrogens with zero attached hydrogens (tertiary/aromatic N) is 2. The van der Waals surface area contributed by atoms with Gasteiger partial charge < -0.3 is 14.5 Å². The highest BCUT2D eigenvalue weighted by Gasteiger charge is 2.22.